The van der Waals surface area contributed by atoms with Crippen molar-refractivity contribution in [2.45, 2.75) is 54.5 Å². The van der Waals surface area contributed by atoms with E-state index >= 15 is 0 Å². The summed E-state index contributed by atoms with van der Waals surface area (Å²) in [5.41, 5.74) is -0.308. The van der Waals surface area contributed by atoms with Crippen molar-refractivity contribution in [3.8, 4) is 0 Å². The first kappa shape index (κ1) is 27.6. The number of pyridine rings is 1. The van der Waals surface area contributed by atoms with Gasteiger partial charge >= 0.3 is 0 Å². The third-order valence-corrected chi connectivity index (χ3v) is 10.7. The summed E-state index contributed by atoms with van der Waals surface area (Å²) in [6.45, 7) is 1.86. The van der Waals surface area contributed by atoms with Crippen LogP contribution < -0.4 is 5.32 Å². The molecule has 1 amide bonds. The third kappa shape index (κ3) is 4.95. The molecule has 7 nitrogen and oxygen atoms in total. The second kappa shape index (κ2) is 10.2. The van der Waals surface area contributed by atoms with Crippen LogP contribution in [-0.4, -0.2) is 40.4 Å². The number of carbonyl (C=O) groups excluding carboxylic acids is 1. The number of carbonyl (C=O) groups is 1. The van der Waals surface area contributed by atoms with Gasteiger partial charge in [0, 0.05) is 23.5 Å². The molecular weight excluding hydrogens is 550 g/mol. The van der Waals surface area contributed by atoms with Crippen molar-refractivity contribution < 1.29 is 32.2 Å². The molecule has 11 heteroatoms. The minimum Gasteiger partial charge on any atom is -0.386 e. The fourth-order valence-electron chi connectivity index (χ4n) is 6.01. The van der Waals surface area contributed by atoms with Gasteiger partial charge in [0.25, 0.3) is 5.91 Å². The van der Waals surface area contributed by atoms with E-state index in [1.807, 2.05) is 6.92 Å². The highest BCUT2D eigenvalue weighted by molar-refractivity contribution is 7.92. The van der Waals surface area contributed by atoms with Crippen molar-refractivity contribution in [3.63, 3.8) is 0 Å². The van der Waals surface area contributed by atoms with E-state index in [0.29, 0.717) is 18.5 Å². The zero-order chi connectivity index (χ0) is 28.1. The standard InChI is InChI=1S/C28H27ClF2N2O5S/c1-15-8-9-32-24(10-15)26(34)28(36)17-3-4-18(28)13-20(12-17)39(37,38)25-11-16(2-6-21(25)29)27(35)33-19-5-7-22(30)23(31)14-19/h2,5-11,14,17-18,20,26,34,36H,3-4,12-13H2,1H3,(H,33,35). The van der Waals surface area contributed by atoms with Crippen molar-refractivity contribution >= 4 is 33.0 Å². The van der Waals surface area contributed by atoms with Gasteiger partial charge < -0.3 is 15.5 Å². The van der Waals surface area contributed by atoms with Gasteiger partial charge in [-0.3, -0.25) is 9.78 Å². The molecule has 3 aromatic rings. The van der Waals surface area contributed by atoms with Gasteiger partial charge in [0.1, 0.15) is 11.7 Å². The van der Waals surface area contributed by atoms with E-state index in [9.17, 15) is 32.2 Å². The van der Waals surface area contributed by atoms with Crippen LogP contribution in [0.3, 0.4) is 0 Å². The van der Waals surface area contributed by atoms with Gasteiger partial charge in [0.05, 0.1) is 20.9 Å². The highest BCUT2D eigenvalue weighted by Gasteiger charge is 2.59. The molecule has 0 aliphatic heterocycles. The maximum Gasteiger partial charge on any atom is 0.255 e. The van der Waals surface area contributed by atoms with Gasteiger partial charge in [-0.1, -0.05) is 11.6 Å². The molecule has 3 atom stereocenters. The lowest BCUT2D eigenvalue weighted by Crippen LogP contribution is -2.52. The van der Waals surface area contributed by atoms with E-state index in [2.05, 4.69) is 10.3 Å². The Morgan fingerprint density at radius 2 is 1.77 bits per heavy atom. The van der Waals surface area contributed by atoms with Crippen LogP contribution in [0, 0.1) is 30.4 Å². The van der Waals surface area contributed by atoms with Crippen molar-refractivity contribution in [2.24, 2.45) is 11.8 Å². The average molecular weight is 577 g/mol. The lowest BCUT2D eigenvalue weighted by Gasteiger charge is -2.45. The summed E-state index contributed by atoms with van der Waals surface area (Å²) >= 11 is 6.29. The van der Waals surface area contributed by atoms with Gasteiger partial charge in [-0.05, 0) is 92.5 Å². The lowest BCUT2D eigenvalue weighted by atomic mass is 9.70. The predicted molar refractivity (Wildman–Crippen MR) is 141 cm³/mol. The van der Waals surface area contributed by atoms with Crippen LogP contribution in [0.25, 0.3) is 0 Å². The molecule has 206 valence electrons. The van der Waals surface area contributed by atoms with Crippen LogP contribution in [0.5, 0.6) is 0 Å². The zero-order valence-electron chi connectivity index (χ0n) is 20.9. The zero-order valence-corrected chi connectivity index (χ0v) is 22.5. The van der Waals surface area contributed by atoms with E-state index in [0.717, 1.165) is 17.7 Å². The number of rotatable bonds is 6. The number of aromatic nitrogens is 1. The maximum absolute atomic E-state index is 13.8. The monoisotopic (exact) mass is 576 g/mol. The third-order valence-electron chi connectivity index (χ3n) is 8.04. The summed E-state index contributed by atoms with van der Waals surface area (Å²) in [6, 6.07) is 10.2. The van der Waals surface area contributed by atoms with Gasteiger partial charge in [-0.25, -0.2) is 17.2 Å². The first-order valence-electron chi connectivity index (χ1n) is 12.5. The molecule has 2 saturated carbocycles. The quantitative estimate of drug-likeness (QED) is 0.380. The SMILES string of the molecule is Cc1ccnc(C(O)C2(O)C3CCC2CC(S(=O)(=O)c2cc(C(=O)Nc4ccc(F)c(F)c4)ccc2Cl)C3)c1. The summed E-state index contributed by atoms with van der Waals surface area (Å²) in [6.07, 6.45) is 1.64. The van der Waals surface area contributed by atoms with Crippen LogP contribution in [0.2, 0.25) is 5.02 Å². The lowest BCUT2D eigenvalue weighted by molar-refractivity contribution is -0.145. The van der Waals surface area contributed by atoms with Gasteiger partial charge in [0.15, 0.2) is 21.5 Å². The average Bonchev–Trinajstić information content (AvgIpc) is 3.05. The topological polar surface area (TPSA) is 117 Å². The number of hydrogen-bond donors (Lipinski definition) is 3. The Morgan fingerprint density at radius 3 is 2.41 bits per heavy atom. The first-order chi connectivity index (χ1) is 18.4. The largest absolute Gasteiger partial charge is 0.386 e. The molecule has 3 N–H and O–H groups in total. The highest BCUT2D eigenvalue weighted by Crippen LogP contribution is 2.56. The van der Waals surface area contributed by atoms with Crippen LogP contribution in [0.15, 0.2) is 59.6 Å². The number of fused-ring (bicyclic) bond motifs is 2. The number of hydrogen-bond acceptors (Lipinski definition) is 6. The Bertz CT molecular complexity index is 1540. The number of nitrogens with one attached hydrogen (secondary N) is 1. The maximum atomic E-state index is 13.8. The minimum atomic E-state index is -4.04. The molecule has 0 spiro atoms. The molecule has 2 fully saturated rings. The molecule has 0 radical (unpaired) electrons. The van der Waals surface area contributed by atoms with E-state index in [-0.39, 0.29) is 34.0 Å². The van der Waals surface area contributed by atoms with Gasteiger partial charge in [-0.2, -0.15) is 0 Å². The van der Waals surface area contributed by atoms with Crippen LogP contribution in [-0.2, 0) is 9.84 Å². The Hall–Kier alpha value is -2.92. The summed E-state index contributed by atoms with van der Waals surface area (Å²) in [4.78, 5) is 16.8. The molecule has 1 aromatic heterocycles. The number of amides is 1. The second-order valence-corrected chi connectivity index (χ2v) is 13.0. The number of benzene rings is 2. The van der Waals surface area contributed by atoms with E-state index in [4.69, 9.17) is 11.6 Å². The molecule has 2 aromatic carbocycles. The number of halogens is 3. The van der Waals surface area contributed by atoms with Crippen molar-refractivity contribution in [1.82, 2.24) is 4.98 Å². The smallest absolute Gasteiger partial charge is 0.255 e. The number of aliphatic hydroxyl groups is 2. The molecule has 2 aliphatic rings. The van der Waals surface area contributed by atoms with Crippen molar-refractivity contribution in [2.75, 3.05) is 5.32 Å². The Labute approximate surface area is 229 Å². The molecule has 5 rings (SSSR count). The summed E-state index contributed by atoms with van der Waals surface area (Å²) in [7, 11) is -4.04. The first-order valence-corrected chi connectivity index (χ1v) is 14.5. The second-order valence-electron chi connectivity index (χ2n) is 10.4. The molecule has 0 saturated heterocycles. The normalized spacial score (nSPS) is 25.3. The summed E-state index contributed by atoms with van der Waals surface area (Å²) < 4.78 is 54.3. The fraction of sp³-hybridized carbons (Fsp3) is 0.357. The Balaban J connectivity index is 1.39. The van der Waals surface area contributed by atoms with E-state index < -0.39 is 56.2 Å². The molecule has 2 aliphatic carbocycles. The minimum absolute atomic E-state index is 0.00283. The number of anilines is 1. The molecule has 39 heavy (non-hydrogen) atoms. The molecular formula is C28H27ClF2N2O5S. The number of nitrogens with zero attached hydrogens (tertiary/aromatic N) is 1. The van der Waals surface area contributed by atoms with Gasteiger partial charge in [-0.15, -0.1) is 0 Å². The fourth-order valence-corrected chi connectivity index (χ4v) is 8.41. The summed E-state index contributed by atoms with van der Waals surface area (Å²) in [5, 5.41) is 24.3. The van der Waals surface area contributed by atoms with Crippen molar-refractivity contribution in [1.29, 1.82) is 0 Å². The van der Waals surface area contributed by atoms with Crippen LogP contribution >= 0.6 is 11.6 Å². The Kier molecular flexibility index (Phi) is 7.26. The number of sulfone groups is 1. The number of aliphatic hydroxyl groups excluding tert-OH is 1. The van der Waals surface area contributed by atoms with E-state index in [1.54, 1.807) is 18.3 Å². The highest BCUT2D eigenvalue weighted by atomic mass is 35.5. The van der Waals surface area contributed by atoms with Crippen molar-refractivity contribution in [3.05, 3.63) is 88.2 Å². The Morgan fingerprint density at radius 1 is 1.08 bits per heavy atom. The van der Waals surface area contributed by atoms with E-state index in [1.165, 1.54) is 24.3 Å². The molecule has 1 heterocycles. The molecule has 2 bridgehead atoms. The molecule has 3 unspecified atom stereocenters. The van der Waals surface area contributed by atoms with Crippen LogP contribution in [0.1, 0.15) is 53.4 Å². The van der Waals surface area contributed by atoms with Crippen LogP contribution in [0.4, 0.5) is 14.5 Å². The number of aryl methyl sites for hydroxylation is 1. The predicted octanol–water partition coefficient (Wildman–Crippen LogP) is 5.00. The van der Waals surface area contributed by atoms with Gasteiger partial charge in [0.2, 0.25) is 0 Å². The summed E-state index contributed by atoms with van der Waals surface area (Å²) in [5.74, 6) is -3.88.